The maximum atomic E-state index is 2.67. The summed E-state index contributed by atoms with van der Waals surface area (Å²) in [4.78, 5) is 2.59. The molecular formula is C73H65NS. The van der Waals surface area contributed by atoms with Crippen LogP contribution in [0.3, 0.4) is 0 Å². The minimum atomic E-state index is -0.156. The molecule has 0 fully saturated rings. The molecule has 1 nitrogen and oxygen atoms in total. The maximum Gasteiger partial charge on any atom is 0.0540 e. The number of fused-ring (bicyclic) bond motifs is 10. The van der Waals surface area contributed by atoms with E-state index >= 15 is 0 Å². The summed E-state index contributed by atoms with van der Waals surface area (Å²) < 4.78 is 2.70. The predicted molar refractivity (Wildman–Crippen MR) is 328 cm³/mol. The first-order valence-corrected chi connectivity index (χ1v) is 28.7. The van der Waals surface area contributed by atoms with E-state index < -0.39 is 0 Å². The smallest absolute Gasteiger partial charge is 0.0540 e. The molecule has 0 bridgehead atoms. The summed E-state index contributed by atoms with van der Waals surface area (Å²) in [7, 11) is 0. The van der Waals surface area contributed by atoms with Crippen molar-refractivity contribution in [2.75, 3.05) is 4.90 Å². The van der Waals surface area contributed by atoms with Crippen molar-refractivity contribution in [2.24, 2.45) is 0 Å². The predicted octanol–water partition coefficient (Wildman–Crippen LogP) is 22.3. The van der Waals surface area contributed by atoms with Gasteiger partial charge in [-0.25, -0.2) is 0 Å². The Hall–Kier alpha value is -7.52. The van der Waals surface area contributed by atoms with Crippen LogP contribution in [0.25, 0.3) is 96.6 Å². The Kier molecular flexibility index (Phi) is 12.4. The van der Waals surface area contributed by atoms with Gasteiger partial charge in [-0.3, -0.25) is 0 Å². The molecule has 13 rings (SSSR count). The van der Waals surface area contributed by atoms with Crippen molar-refractivity contribution in [3.05, 3.63) is 222 Å². The highest BCUT2D eigenvalue weighted by Crippen LogP contribution is 2.58. The number of rotatable bonds is 15. The monoisotopic (exact) mass is 987 g/mol. The lowest BCUT2D eigenvalue weighted by molar-refractivity contribution is 0.401. The molecule has 0 atom stereocenters. The summed E-state index contributed by atoms with van der Waals surface area (Å²) in [5, 5.41) is 13.0. The van der Waals surface area contributed by atoms with Crippen LogP contribution in [0.4, 0.5) is 17.1 Å². The lowest BCUT2D eigenvalue weighted by atomic mass is 9.70. The molecule has 2 heteroatoms. The van der Waals surface area contributed by atoms with Crippen molar-refractivity contribution in [3.63, 3.8) is 0 Å². The van der Waals surface area contributed by atoms with Gasteiger partial charge in [-0.1, -0.05) is 229 Å². The third-order valence-corrected chi connectivity index (χ3v) is 18.4. The number of benzene rings is 11. The van der Waals surface area contributed by atoms with Crippen molar-refractivity contribution in [2.45, 2.75) is 97.3 Å². The highest BCUT2D eigenvalue weighted by Gasteiger charge is 2.43. The van der Waals surface area contributed by atoms with Crippen LogP contribution in [0.2, 0.25) is 0 Å². The lowest BCUT2D eigenvalue weighted by Gasteiger charge is -2.35. The summed E-state index contributed by atoms with van der Waals surface area (Å²) in [6.07, 6.45) is 12.1. The molecule has 0 saturated heterocycles. The van der Waals surface area contributed by atoms with Crippen LogP contribution < -0.4 is 4.90 Å². The van der Waals surface area contributed by atoms with Gasteiger partial charge in [0.2, 0.25) is 0 Å². The molecule has 11 aromatic carbocycles. The van der Waals surface area contributed by atoms with Gasteiger partial charge in [0, 0.05) is 47.6 Å². The summed E-state index contributed by atoms with van der Waals surface area (Å²) >= 11 is 1.93. The van der Waals surface area contributed by atoms with E-state index in [9.17, 15) is 0 Å². The molecule has 0 unspecified atom stereocenters. The molecule has 368 valence electrons. The molecule has 75 heavy (non-hydrogen) atoms. The van der Waals surface area contributed by atoms with Gasteiger partial charge < -0.3 is 4.90 Å². The summed E-state index contributed by atoms with van der Waals surface area (Å²) in [5.41, 5.74) is 17.2. The fourth-order valence-corrected chi connectivity index (χ4v) is 14.7. The van der Waals surface area contributed by atoms with Crippen molar-refractivity contribution in [3.8, 4) is 33.4 Å². The Balaban J connectivity index is 1.04. The molecule has 12 aromatic rings. The van der Waals surface area contributed by atoms with E-state index in [0.717, 1.165) is 12.8 Å². The second-order valence-corrected chi connectivity index (χ2v) is 22.6. The van der Waals surface area contributed by atoms with Crippen LogP contribution in [-0.4, -0.2) is 0 Å². The topological polar surface area (TPSA) is 3.24 Å². The SMILES string of the molecule is CCCCCCC1(CCCCCC)c2cc(-c3c4ccccc4c(-c4cccc5c4sc4ccccc45)c4ccccc34)ccc2-c2ccc(N(c3ccc(C)c4ccccc34)c3ccc(C)c4ccccc34)cc21. The zero-order valence-electron chi connectivity index (χ0n) is 44.0. The molecular weight excluding hydrogens is 923 g/mol. The molecule has 1 heterocycles. The molecule has 0 saturated carbocycles. The number of unbranched alkanes of at least 4 members (excludes halogenated alkanes) is 6. The van der Waals surface area contributed by atoms with Gasteiger partial charge in [-0.15, -0.1) is 11.3 Å². The van der Waals surface area contributed by atoms with E-state index in [-0.39, 0.29) is 5.41 Å². The van der Waals surface area contributed by atoms with Gasteiger partial charge in [-0.05, 0) is 145 Å². The van der Waals surface area contributed by atoms with E-state index in [1.807, 2.05) is 11.3 Å². The van der Waals surface area contributed by atoms with Crippen LogP contribution in [-0.2, 0) is 5.41 Å². The second kappa shape index (κ2) is 19.6. The molecule has 0 spiro atoms. The van der Waals surface area contributed by atoms with Crippen LogP contribution in [0.1, 0.15) is 100 Å². The minimum Gasteiger partial charge on any atom is -0.309 e. The second-order valence-electron chi connectivity index (χ2n) is 21.5. The molecule has 0 radical (unpaired) electrons. The number of aryl methyl sites for hydroxylation is 2. The Bertz CT molecular complexity index is 4000. The average Bonchev–Trinajstić information content (AvgIpc) is 4.08. The highest BCUT2D eigenvalue weighted by molar-refractivity contribution is 7.26. The summed E-state index contributed by atoms with van der Waals surface area (Å²) in [6, 6.07) is 77.0. The van der Waals surface area contributed by atoms with Crippen LogP contribution in [0.15, 0.2) is 200 Å². The molecule has 1 aliphatic rings. The molecule has 1 aliphatic carbocycles. The van der Waals surface area contributed by atoms with Crippen molar-refractivity contribution in [1.82, 2.24) is 0 Å². The molecule has 0 N–H and O–H groups in total. The Morgan fingerprint density at radius 3 is 1.43 bits per heavy atom. The molecule has 0 aliphatic heterocycles. The largest absolute Gasteiger partial charge is 0.309 e. The normalized spacial score (nSPS) is 12.9. The maximum absolute atomic E-state index is 2.67. The lowest BCUT2D eigenvalue weighted by Crippen LogP contribution is -2.26. The Morgan fingerprint density at radius 2 is 0.853 bits per heavy atom. The Morgan fingerprint density at radius 1 is 0.373 bits per heavy atom. The van der Waals surface area contributed by atoms with Gasteiger partial charge in [0.1, 0.15) is 0 Å². The summed E-state index contributed by atoms with van der Waals surface area (Å²) in [5.74, 6) is 0. The number of hydrogen-bond acceptors (Lipinski definition) is 2. The van der Waals surface area contributed by atoms with Gasteiger partial charge >= 0.3 is 0 Å². The first-order valence-electron chi connectivity index (χ1n) is 27.9. The van der Waals surface area contributed by atoms with Crippen molar-refractivity contribution in [1.29, 1.82) is 0 Å². The van der Waals surface area contributed by atoms with Crippen molar-refractivity contribution >= 4 is 91.7 Å². The minimum absolute atomic E-state index is 0.156. The van der Waals surface area contributed by atoms with Crippen molar-refractivity contribution < 1.29 is 0 Å². The van der Waals surface area contributed by atoms with E-state index in [4.69, 9.17) is 0 Å². The zero-order valence-corrected chi connectivity index (χ0v) is 44.8. The standard InChI is InChI=1S/C73H65NS/c1-5-7-9-21-44-73(45-22-10-8-6-2)65-46-50(70-59-29-15-17-31-61(59)71(62-32-18-16-30-60(62)70)64-34-23-33-63-58-28-19-20-35-69(58)75-72(63)64)38-40-54(65)55-41-39-51(47-66(55)73)74(67-42-36-48(3)52-24-11-13-26-56(52)67)68-43-37-49(4)53-25-12-14-27-57(53)68/h11-20,23-43,46-47H,5-10,21-22,44-45H2,1-4H3. The molecule has 0 amide bonds. The number of hydrogen-bond donors (Lipinski definition) is 0. The van der Waals surface area contributed by atoms with E-state index in [1.165, 1.54) is 187 Å². The van der Waals surface area contributed by atoms with E-state index in [1.54, 1.807) is 0 Å². The Labute approximate surface area is 447 Å². The van der Waals surface area contributed by atoms with Crippen LogP contribution >= 0.6 is 11.3 Å². The first-order chi connectivity index (χ1) is 37.0. The zero-order chi connectivity index (χ0) is 50.6. The van der Waals surface area contributed by atoms with Crippen LogP contribution in [0, 0.1) is 13.8 Å². The van der Waals surface area contributed by atoms with Gasteiger partial charge in [-0.2, -0.15) is 0 Å². The number of anilines is 3. The first kappa shape index (κ1) is 47.2. The average molecular weight is 988 g/mol. The molecule has 1 aromatic heterocycles. The van der Waals surface area contributed by atoms with E-state index in [0.29, 0.717) is 0 Å². The number of nitrogens with zero attached hydrogens (tertiary/aromatic N) is 1. The van der Waals surface area contributed by atoms with Gasteiger partial charge in [0.25, 0.3) is 0 Å². The third-order valence-electron chi connectivity index (χ3n) is 17.1. The summed E-state index contributed by atoms with van der Waals surface area (Å²) in [6.45, 7) is 9.19. The third kappa shape index (κ3) is 7.86. The fourth-order valence-electron chi connectivity index (χ4n) is 13.5. The van der Waals surface area contributed by atoms with Crippen LogP contribution in [0.5, 0.6) is 0 Å². The highest BCUT2D eigenvalue weighted by atomic mass is 32.1. The van der Waals surface area contributed by atoms with Gasteiger partial charge in [0.05, 0.1) is 11.4 Å². The van der Waals surface area contributed by atoms with Gasteiger partial charge in [0.15, 0.2) is 0 Å². The number of thiophene rings is 1. The van der Waals surface area contributed by atoms with E-state index in [2.05, 4.69) is 233 Å². The fraction of sp³-hybridized carbons (Fsp3) is 0.205. The quantitative estimate of drug-likeness (QED) is 0.0731.